The smallest absolute Gasteiger partial charge is 0.425 e. The van der Waals surface area contributed by atoms with E-state index >= 15 is 0 Å². The van der Waals surface area contributed by atoms with Gasteiger partial charge in [-0.25, -0.2) is 9.78 Å². The number of anilines is 1. The summed E-state index contributed by atoms with van der Waals surface area (Å²) in [5.74, 6) is -2.16. The third kappa shape index (κ3) is 5.42. The van der Waals surface area contributed by atoms with Crippen LogP contribution < -0.4 is 10.2 Å². The molecule has 1 saturated heterocycles. The maximum absolute atomic E-state index is 12.9. The first-order chi connectivity index (χ1) is 12.6. The molecule has 6 nitrogen and oxygen atoms in total. The Balaban J connectivity index is 2.28. The molecule has 0 radical (unpaired) electrons. The van der Waals surface area contributed by atoms with Crippen molar-refractivity contribution in [2.24, 2.45) is 0 Å². The van der Waals surface area contributed by atoms with Crippen LogP contribution in [0.25, 0.3) is 0 Å². The van der Waals surface area contributed by atoms with Crippen LogP contribution in [0.4, 0.5) is 37.0 Å². The standard InChI is InChI=1S/C15H15F6N3O3S/c1-13(2,3)23-12(26)27-11-10(25)24(6-28-11)9-5-7(14(16,17)18)4-8(22-9)15(19,20)21/h4-5,11H,6H2,1-3H3,(H,23,26). The number of rotatable bonds is 2. The van der Waals surface area contributed by atoms with Gasteiger partial charge in [-0.2, -0.15) is 26.3 Å². The SMILES string of the molecule is CC(C)(C)NC(=O)OC1SCN(c2cc(C(F)(F)F)cc(C(F)(F)F)n2)C1=O. The molecular formula is C15H15F6N3O3S. The number of nitrogens with zero attached hydrogens (tertiary/aromatic N) is 2. The molecule has 2 amide bonds. The van der Waals surface area contributed by atoms with E-state index in [1.807, 2.05) is 0 Å². The zero-order chi connectivity index (χ0) is 21.5. The van der Waals surface area contributed by atoms with Crippen LogP contribution in [0.5, 0.6) is 0 Å². The maximum atomic E-state index is 12.9. The van der Waals surface area contributed by atoms with Gasteiger partial charge in [0.25, 0.3) is 5.91 Å². The lowest BCUT2D eigenvalue weighted by Gasteiger charge is -2.21. The molecule has 1 aliphatic rings. The van der Waals surface area contributed by atoms with E-state index in [9.17, 15) is 35.9 Å². The third-order valence-corrected chi connectivity index (χ3v) is 4.23. The second kappa shape index (κ2) is 7.33. The van der Waals surface area contributed by atoms with Gasteiger partial charge in [-0.05, 0) is 32.9 Å². The van der Waals surface area contributed by atoms with Crippen LogP contribution in [-0.4, -0.2) is 33.8 Å². The van der Waals surface area contributed by atoms with Gasteiger partial charge in [0.2, 0.25) is 5.44 Å². The Kier molecular flexibility index (Phi) is 5.79. The number of ether oxygens (including phenoxy) is 1. The fourth-order valence-electron chi connectivity index (χ4n) is 2.06. The van der Waals surface area contributed by atoms with E-state index in [1.54, 1.807) is 20.8 Å². The number of carbonyl (C=O) groups is 2. The molecule has 1 fully saturated rings. The van der Waals surface area contributed by atoms with Gasteiger partial charge in [0.1, 0.15) is 11.5 Å². The molecular weight excluding hydrogens is 416 g/mol. The number of alkyl carbamates (subject to hydrolysis) is 1. The number of aromatic nitrogens is 1. The van der Waals surface area contributed by atoms with Gasteiger partial charge in [0, 0.05) is 5.54 Å². The van der Waals surface area contributed by atoms with Crippen LogP contribution in [-0.2, 0) is 21.9 Å². The summed E-state index contributed by atoms with van der Waals surface area (Å²) in [5, 5.41) is 2.42. The highest BCUT2D eigenvalue weighted by Crippen LogP contribution is 2.38. The van der Waals surface area contributed by atoms with E-state index in [0.29, 0.717) is 11.0 Å². The molecule has 1 N–H and O–H groups in total. The Bertz CT molecular complexity index is 744. The number of amides is 2. The number of nitrogens with one attached hydrogen (secondary N) is 1. The maximum Gasteiger partial charge on any atom is 0.433 e. The van der Waals surface area contributed by atoms with Crippen LogP contribution in [0, 0.1) is 0 Å². The highest BCUT2D eigenvalue weighted by atomic mass is 32.2. The van der Waals surface area contributed by atoms with Crippen LogP contribution in [0.3, 0.4) is 0 Å². The number of carbonyl (C=O) groups excluding carboxylic acids is 2. The van der Waals surface area contributed by atoms with Gasteiger partial charge < -0.3 is 10.1 Å². The predicted molar refractivity (Wildman–Crippen MR) is 87.3 cm³/mol. The highest BCUT2D eigenvalue weighted by molar-refractivity contribution is 8.01. The lowest BCUT2D eigenvalue weighted by Crippen LogP contribution is -2.43. The zero-order valence-corrected chi connectivity index (χ0v) is 15.6. The van der Waals surface area contributed by atoms with Gasteiger partial charge >= 0.3 is 18.4 Å². The molecule has 2 rings (SSSR count). The summed E-state index contributed by atoms with van der Waals surface area (Å²) in [6.45, 7) is 4.94. The van der Waals surface area contributed by atoms with E-state index in [1.165, 1.54) is 0 Å². The summed E-state index contributed by atoms with van der Waals surface area (Å²) in [5.41, 5.74) is -5.48. The third-order valence-electron chi connectivity index (χ3n) is 3.22. The number of hydrogen-bond acceptors (Lipinski definition) is 5. The van der Waals surface area contributed by atoms with Crippen LogP contribution in [0.2, 0.25) is 0 Å². The number of halogens is 6. The van der Waals surface area contributed by atoms with Crippen LogP contribution in [0.1, 0.15) is 32.0 Å². The molecule has 1 aromatic heterocycles. The second-order valence-electron chi connectivity index (χ2n) is 6.77. The van der Waals surface area contributed by atoms with Crippen LogP contribution >= 0.6 is 11.8 Å². The monoisotopic (exact) mass is 431 g/mol. The van der Waals surface area contributed by atoms with Crippen molar-refractivity contribution >= 4 is 29.6 Å². The summed E-state index contributed by atoms with van der Waals surface area (Å²) >= 11 is 0.725. The Labute approximate surface area is 159 Å². The minimum Gasteiger partial charge on any atom is -0.425 e. The molecule has 1 aromatic rings. The van der Waals surface area contributed by atoms with E-state index in [0.717, 1.165) is 11.8 Å². The van der Waals surface area contributed by atoms with Crippen molar-refractivity contribution in [2.75, 3.05) is 10.8 Å². The summed E-state index contributed by atoms with van der Waals surface area (Å²) in [4.78, 5) is 27.8. The molecule has 156 valence electrons. The Morgan fingerprint density at radius 3 is 2.29 bits per heavy atom. The molecule has 0 bridgehead atoms. The molecule has 1 unspecified atom stereocenters. The fraction of sp³-hybridized carbons (Fsp3) is 0.533. The topological polar surface area (TPSA) is 71.5 Å². The average molecular weight is 431 g/mol. The lowest BCUT2D eigenvalue weighted by molar-refractivity contribution is -0.145. The van der Waals surface area contributed by atoms with Crippen molar-refractivity contribution in [3.8, 4) is 0 Å². The summed E-state index contributed by atoms with van der Waals surface area (Å²) in [6.07, 6.45) is -11.2. The van der Waals surface area contributed by atoms with Crippen molar-refractivity contribution in [3.05, 3.63) is 23.4 Å². The van der Waals surface area contributed by atoms with E-state index in [4.69, 9.17) is 4.74 Å². The van der Waals surface area contributed by atoms with Crippen molar-refractivity contribution < 1.29 is 40.7 Å². The molecule has 1 atom stereocenters. The lowest BCUT2D eigenvalue weighted by atomic mass is 10.1. The highest BCUT2D eigenvalue weighted by Gasteiger charge is 2.42. The summed E-state index contributed by atoms with van der Waals surface area (Å²) in [7, 11) is 0. The largest absolute Gasteiger partial charge is 0.433 e. The van der Waals surface area contributed by atoms with Crippen molar-refractivity contribution in [1.29, 1.82) is 0 Å². The number of pyridine rings is 1. The molecule has 28 heavy (non-hydrogen) atoms. The first-order valence-corrected chi connectivity index (χ1v) is 8.71. The zero-order valence-electron chi connectivity index (χ0n) is 14.7. The van der Waals surface area contributed by atoms with Crippen molar-refractivity contribution in [2.45, 2.75) is 44.1 Å². The summed E-state index contributed by atoms with van der Waals surface area (Å²) in [6, 6.07) is 0.202. The molecule has 13 heteroatoms. The second-order valence-corrected chi connectivity index (χ2v) is 7.79. The Morgan fingerprint density at radius 1 is 1.18 bits per heavy atom. The van der Waals surface area contributed by atoms with E-state index in [-0.39, 0.29) is 11.9 Å². The Morgan fingerprint density at radius 2 is 1.79 bits per heavy atom. The van der Waals surface area contributed by atoms with Crippen LogP contribution in [0.15, 0.2) is 12.1 Å². The van der Waals surface area contributed by atoms with Crippen molar-refractivity contribution in [3.63, 3.8) is 0 Å². The molecule has 0 spiro atoms. The molecule has 0 aliphatic carbocycles. The van der Waals surface area contributed by atoms with Gasteiger partial charge in [0.05, 0.1) is 11.4 Å². The predicted octanol–water partition coefficient (Wildman–Crippen LogP) is 4.01. The number of alkyl halides is 6. The Hall–Kier alpha value is -2.18. The number of thioether (sulfide) groups is 1. The van der Waals surface area contributed by atoms with E-state index in [2.05, 4.69) is 10.3 Å². The average Bonchev–Trinajstić information content (AvgIpc) is 2.84. The molecule has 1 aliphatic heterocycles. The minimum absolute atomic E-state index is 0.137. The van der Waals surface area contributed by atoms with Gasteiger partial charge in [-0.3, -0.25) is 9.69 Å². The fourth-order valence-corrected chi connectivity index (χ4v) is 3.03. The first-order valence-electron chi connectivity index (χ1n) is 7.66. The summed E-state index contributed by atoms with van der Waals surface area (Å²) < 4.78 is 82.5. The van der Waals surface area contributed by atoms with Crippen molar-refractivity contribution in [1.82, 2.24) is 10.3 Å². The van der Waals surface area contributed by atoms with Gasteiger partial charge in [-0.1, -0.05) is 11.8 Å². The van der Waals surface area contributed by atoms with Gasteiger partial charge in [-0.15, -0.1) is 0 Å². The van der Waals surface area contributed by atoms with E-state index < -0.39 is 52.4 Å². The first kappa shape index (κ1) is 22.1. The van der Waals surface area contributed by atoms with Gasteiger partial charge in [0.15, 0.2) is 0 Å². The molecule has 0 aromatic carbocycles. The minimum atomic E-state index is -5.14. The molecule has 0 saturated carbocycles. The molecule has 2 heterocycles. The quantitative estimate of drug-likeness (QED) is 0.717. The normalized spacial score (nSPS) is 18.4. The number of hydrogen-bond donors (Lipinski definition) is 1.